The minimum absolute atomic E-state index is 0.116. The molecule has 1 aliphatic carbocycles. The SMILES string of the molecule is CC(CNC1CC1)S(=O)(=O)Nc1ncccn1. The van der Waals surface area contributed by atoms with Gasteiger partial charge in [-0.25, -0.2) is 18.4 Å². The molecule has 1 atom stereocenters. The van der Waals surface area contributed by atoms with E-state index in [4.69, 9.17) is 0 Å². The highest BCUT2D eigenvalue weighted by Gasteiger charge is 2.26. The molecule has 0 aliphatic heterocycles. The van der Waals surface area contributed by atoms with Crippen LogP contribution < -0.4 is 10.0 Å². The number of sulfonamides is 1. The summed E-state index contributed by atoms with van der Waals surface area (Å²) in [5.74, 6) is 0.116. The fourth-order valence-electron chi connectivity index (χ4n) is 1.31. The fraction of sp³-hybridized carbons (Fsp3) is 0.600. The molecule has 1 heterocycles. The average molecular weight is 256 g/mol. The van der Waals surface area contributed by atoms with E-state index in [9.17, 15) is 8.42 Å². The molecule has 2 N–H and O–H groups in total. The second-order valence-electron chi connectivity index (χ2n) is 4.21. The third-order valence-corrected chi connectivity index (χ3v) is 4.29. The van der Waals surface area contributed by atoms with E-state index in [-0.39, 0.29) is 5.95 Å². The van der Waals surface area contributed by atoms with Crippen LogP contribution in [-0.4, -0.2) is 36.2 Å². The monoisotopic (exact) mass is 256 g/mol. The Bertz CT molecular complexity index is 458. The maximum absolute atomic E-state index is 11.9. The summed E-state index contributed by atoms with van der Waals surface area (Å²) in [4.78, 5) is 7.66. The quantitative estimate of drug-likeness (QED) is 0.767. The minimum atomic E-state index is -3.42. The van der Waals surface area contributed by atoms with Crippen LogP contribution in [0.2, 0.25) is 0 Å². The first-order valence-corrected chi connectivity index (χ1v) is 7.14. The summed E-state index contributed by atoms with van der Waals surface area (Å²) in [5, 5.41) is 2.68. The third kappa shape index (κ3) is 3.64. The van der Waals surface area contributed by atoms with Gasteiger partial charge in [0.25, 0.3) is 0 Å². The number of aromatic nitrogens is 2. The summed E-state index contributed by atoms with van der Waals surface area (Å²) in [6, 6.07) is 2.14. The van der Waals surface area contributed by atoms with Crippen LogP contribution in [0.4, 0.5) is 5.95 Å². The summed E-state index contributed by atoms with van der Waals surface area (Å²) in [6.45, 7) is 2.12. The van der Waals surface area contributed by atoms with E-state index in [0.717, 1.165) is 12.8 Å². The van der Waals surface area contributed by atoms with Crippen molar-refractivity contribution in [3.63, 3.8) is 0 Å². The van der Waals surface area contributed by atoms with Crippen molar-refractivity contribution >= 4 is 16.0 Å². The van der Waals surface area contributed by atoms with Crippen LogP contribution in [0.15, 0.2) is 18.5 Å². The van der Waals surface area contributed by atoms with E-state index in [0.29, 0.717) is 12.6 Å². The number of hydrogen-bond acceptors (Lipinski definition) is 5. The first kappa shape index (κ1) is 12.3. The zero-order valence-corrected chi connectivity index (χ0v) is 10.4. The Hall–Kier alpha value is -1.21. The molecule has 2 rings (SSSR count). The number of anilines is 1. The molecule has 0 amide bonds. The molecule has 0 radical (unpaired) electrons. The highest BCUT2D eigenvalue weighted by atomic mass is 32.2. The van der Waals surface area contributed by atoms with Gasteiger partial charge in [0.15, 0.2) is 0 Å². The van der Waals surface area contributed by atoms with Gasteiger partial charge in [0.1, 0.15) is 0 Å². The lowest BCUT2D eigenvalue weighted by Gasteiger charge is -2.14. The molecule has 0 aromatic carbocycles. The zero-order chi connectivity index (χ0) is 12.3. The summed E-state index contributed by atoms with van der Waals surface area (Å²) < 4.78 is 26.2. The Morgan fingerprint density at radius 1 is 1.41 bits per heavy atom. The Labute approximate surface area is 101 Å². The van der Waals surface area contributed by atoms with Gasteiger partial charge in [0.2, 0.25) is 16.0 Å². The highest BCUT2D eigenvalue weighted by molar-refractivity contribution is 7.93. The first-order valence-electron chi connectivity index (χ1n) is 5.60. The standard InChI is InChI=1S/C10H16N4O2S/c1-8(7-13-9-3-4-9)17(15,16)14-10-11-5-2-6-12-10/h2,5-6,8-9,13H,3-4,7H2,1H3,(H,11,12,14). The Balaban J connectivity index is 1.92. The number of rotatable bonds is 6. The summed E-state index contributed by atoms with van der Waals surface area (Å²) >= 11 is 0. The first-order chi connectivity index (χ1) is 8.08. The van der Waals surface area contributed by atoms with Crippen molar-refractivity contribution in [2.45, 2.75) is 31.1 Å². The van der Waals surface area contributed by atoms with Crippen LogP contribution in [0.25, 0.3) is 0 Å². The van der Waals surface area contributed by atoms with Gasteiger partial charge in [-0.3, -0.25) is 4.72 Å². The van der Waals surface area contributed by atoms with E-state index in [2.05, 4.69) is 20.0 Å². The molecular formula is C10H16N4O2S. The van der Waals surface area contributed by atoms with E-state index < -0.39 is 15.3 Å². The van der Waals surface area contributed by atoms with Crippen LogP contribution in [-0.2, 0) is 10.0 Å². The van der Waals surface area contributed by atoms with Crippen LogP contribution in [0, 0.1) is 0 Å². The normalized spacial score (nSPS) is 17.7. The third-order valence-electron chi connectivity index (χ3n) is 2.60. The summed E-state index contributed by atoms with van der Waals surface area (Å²) in [6.07, 6.45) is 5.28. The molecule has 0 bridgehead atoms. The Morgan fingerprint density at radius 3 is 2.65 bits per heavy atom. The number of nitrogens with one attached hydrogen (secondary N) is 2. The topological polar surface area (TPSA) is 84.0 Å². The largest absolute Gasteiger partial charge is 0.313 e. The molecule has 17 heavy (non-hydrogen) atoms. The van der Waals surface area contributed by atoms with Crippen molar-refractivity contribution in [2.75, 3.05) is 11.3 Å². The highest BCUT2D eigenvalue weighted by Crippen LogP contribution is 2.18. The zero-order valence-electron chi connectivity index (χ0n) is 9.63. The van der Waals surface area contributed by atoms with Crippen molar-refractivity contribution in [2.24, 2.45) is 0 Å². The molecule has 1 unspecified atom stereocenters. The molecule has 1 aliphatic rings. The molecule has 1 saturated carbocycles. The molecule has 0 saturated heterocycles. The van der Waals surface area contributed by atoms with Crippen LogP contribution in [0.1, 0.15) is 19.8 Å². The molecule has 6 nitrogen and oxygen atoms in total. The minimum Gasteiger partial charge on any atom is -0.313 e. The fourth-order valence-corrected chi connectivity index (χ4v) is 2.19. The molecule has 0 spiro atoms. The van der Waals surface area contributed by atoms with Crippen molar-refractivity contribution < 1.29 is 8.42 Å². The van der Waals surface area contributed by atoms with Crippen LogP contribution in [0.3, 0.4) is 0 Å². The second kappa shape index (κ2) is 4.97. The number of hydrogen-bond donors (Lipinski definition) is 2. The molecule has 7 heteroatoms. The maximum Gasteiger partial charge on any atom is 0.238 e. The number of nitrogens with zero attached hydrogens (tertiary/aromatic N) is 2. The lowest BCUT2D eigenvalue weighted by atomic mass is 10.4. The Kier molecular flexibility index (Phi) is 3.58. The van der Waals surface area contributed by atoms with Crippen molar-refractivity contribution in [1.82, 2.24) is 15.3 Å². The van der Waals surface area contributed by atoms with Crippen molar-refractivity contribution in [1.29, 1.82) is 0 Å². The molecule has 1 fully saturated rings. The van der Waals surface area contributed by atoms with Crippen LogP contribution in [0.5, 0.6) is 0 Å². The van der Waals surface area contributed by atoms with Gasteiger partial charge in [-0.2, -0.15) is 0 Å². The van der Waals surface area contributed by atoms with E-state index in [1.165, 1.54) is 12.4 Å². The predicted molar refractivity (Wildman–Crippen MR) is 65.1 cm³/mol. The smallest absolute Gasteiger partial charge is 0.238 e. The van der Waals surface area contributed by atoms with Gasteiger partial charge in [-0.15, -0.1) is 0 Å². The van der Waals surface area contributed by atoms with Crippen LogP contribution >= 0.6 is 0 Å². The molecular weight excluding hydrogens is 240 g/mol. The van der Waals surface area contributed by atoms with Gasteiger partial charge in [-0.05, 0) is 25.8 Å². The van der Waals surface area contributed by atoms with Gasteiger partial charge in [0.05, 0.1) is 5.25 Å². The van der Waals surface area contributed by atoms with E-state index in [1.54, 1.807) is 13.0 Å². The molecule has 94 valence electrons. The lowest BCUT2D eigenvalue weighted by Crippen LogP contribution is -2.36. The van der Waals surface area contributed by atoms with E-state index >= 15 is 0 Å². The maximum atomic E-state index is 11.9. The summed E-state index contributed by atoms with van der Waals surface area (Å²) in [5.41, 5.74) is 0. The van der Waals surface area contributed by atoms with Gasteiger partial charge in [-0.1, -0.05) is 0 Å². The van der Waals surface area contributed by atoms with Gasteiger partial charge in [0, 0.05) is 25.0 Å². The van der Waals surface area contributed by atoms with E-state index in [1.807, 2.05) is 0 Å². The average Bonchev–Trinajstić information content (AvgIpc) is 3.10. The Morgan fingerprint density at radius 2 is 2.06 bits per heavy atom. The van der Waals surface area contributed by atoms with Gasteiger partial charge >= 0.3 is 0 Å². The lowest BCUT2D eigenvalue weighted by molar-refractivity contribution is 0.575. The molecule has 1 aromatic heterocycles. The predicted octanol–water partition coefficient (Wildman–Crippen LogP) is 0.359. The molecule has 1 aromatic rings. The summed E-state index contributed by atoms with van der Waals surface area (Å²) in [7, 11) is -3.42. The second-order valence-corrected chi connectivity index (χ2v) is 6.31. The van der Waals surface area contributed by atoms with Crippen molar-refractivity contribution in [3.05, 3.63) is 18.5 Å². The van der Waals surface area contributed by atoms with Crippen molar-refractivity contribution in [3.8, 4) is 0 Å². The van der Waals surface area contributed by atoms with Gasteiger partial charge < -0.3 is 5.32 Å².